The largest absolute Gasteiger partial charge is 0.358 e. The zero-order chi connectivity index (χ0) is 21.6. The van der Waals surface area contributed by atoms with Gasteiger partial charge in [-0.25, -0.2) is 5.48 Å². The molecule has 3 rings (SSSR count). The summed E-state index contributed by atoms with van der Waals surface area (Å²) < 4.78 is 0. The van der Waals surface area contributed by atoms with E-state index in [1.807, 2.05) is 20.8 Å². The number of H-pyrrole nitrogens is 1. The molecular weight excluding hydrogens is 374 g/mol. The molecule has 160 valence electrons. The average molecular weight is 408 g/mol. The van der Waals surface area contributed by atoms with Crippen molar-refractivity contribution in [1.29, 1.82) is 0 Å². The van der Waals surface area contributed by atoms with Crippen LogP contribution >= 0.6 is 0 Å². The first-order valence-corrected chi connectivity index (χ1v) is 10.6. The fraction of sp³-hybridized carbons (Fsp3) is 0.400. The summed E-state index contributed by atoms with van der Waals surface area (Å²) in [6.45, 7) is 9.62. The van der Waals surface area contributed by atoms with Gasteiger partial charge in [0.2, 0.25) is 5.91 Å². The summed E-state index contributed by atoms with van der Waals surface area (Å²) in [6.07, 6.45) is 2.12. The van der Waals surface area contributed by atoms with E-state index in [0.717, 1.165) is 25.1 Å². The number of hydrogen-bond acceptors (Lipinski definition) is 3. The molecule has 0 unspecified atom stereocenters. The number of amides is 1. The standard InChI is InChI=1S/C25H33N3O2/c1-18-21(22-7-5-6-8-23(22)27-18)15-16-26-17-20-11-9-19(10-12-20)13-14-24(29)28-30-25(2,3)4/h5-12,26-27H,13-17H2,1-4H3,(H,28,29). The van der Waals surface area contributed by atoms with E-state index in [4.69, 9.17) is 4.84 Å². The predicted octanol–water partition coefficient (Wildman–Crippen LogP) is 4.59. The number of aryl methyl sites for hydroxylation is 2. The van der Waals surface area contributed by atoms with Crippen LogP contribution in [0.1, 0.15) is 49.6 Å². The van der Waals surface area contributed by atoms with Crippen LogP contribution in [0.4, 0.5) is 0 Å². The summed E-state index contributed by atoms with van der Waals surface area (Å²) in [6, 6.07) is 16.9. The maximum absolute atomic E-state index is 11.9. The van der Waals surface area contributed by atoms with Crippen LogP contribution in [0.5, 0.6) is 0 Å². The lowest BCUT2D eigenvalue weighted by atomic mass is 10.1. The second kappa shape index (κ2) is 9.92. The molecule has 30 heavy (non-hydrogen) atoms. The molecule has 0 bridgehead atoms. The van der Waals surface area contributed by atoms with Crippen molar-refractivity contribution in [1.82, 2.24) is 15.8 Å². The van der Waals surface area contributed by atoms with E-state index >= 15 is 0 Å². The van der Waals surface area contributed by atoms with E-state index in [2.05, 4.69) is 71.2 Å². The summed E-state index contributed by atoms with van der Waals surface area (Å²) in [5, 5.41) is 4.86. The Hall–Kier alpha value is -2.63. The molecule has 0 saturated carbocycles. The van der Waals surface area contributed by atoms with Gasteiger partial charge in [-0.1, -0.05) is 42.5 Å². The topological polar surface area (TPSA) is 66.2 Å². The third-order valence-electron chi connectivity index (χ3n) is 5.04. The van der Waals surface area contributed by atoms with Gasteiger partial charge in [-0.15, -0.1) is 0 Å². The van der Waals surface area contributed by atoms with Crippen molar-refractivity contribution < 1.29 is 9.63 Å². The van der Waals surface area contributed by atoms with Gasteiger partial charge < -0.3 is 10.3 Å². The smallest absolute Gasteiger partial charge is 0.243 e. The number of aromatic amines is 1. The maximum atomic E-state index is 11.9. The lowest BCUT2D eigenvalue weighted by Gasteiger charge is -2.18. The number of benzene rings is 2. The number of nitrogens with one attached hydrogen (secondary N) is 3. The number of hydrogen-bond donors (Lipinski definition) is 3. The highest BCUT2D eigenvalue weighted by atomic mass is 16.7. The lowest BCUT2D eigenvalue weighted by Crippen LogP contribution is -2.33. The first-order valence-electron chi connectivity index (χ1n) is 10.6. The summed E-state index contributed by atoms with van der Waals surface area (Å²) >= 11 is 0. The third kappa shape index (κ3) is 6.44. The number of fused-ring (bicyclic) bond motifs is 1. The van der Waals surface area contributed by atoms with Crippen molar-refractivity contribution in [2.75, 3.05) is 6.54 Å². The summed E-state index contributed by atoms with van der Waals surface area (Å²) in [5.74, 6) is -0.0942. The molecule has 0 atom stereocenters. The van der Waals surface area contributed by atoms with Crippen LogP contribution in [0.3, 0.4) is 0 Å². The average Bonchev–Trinajstić information content (AvgIpc) is 3.03. The highest BCUT2D eigenvalue weighted by Crippen LogP contribution is 2.22. The van der Waals surface area contributed by atoms with Gasteiger partial charge in [0.05, 0.1) is 5.60 Å². The van der Waals surface area contributed by atoms with Crippen LogP contribution in [0, 0.1) is 6.92 Å². The van der Waals surface area contributed by atoms with E-state index in [-0.39, 0.29) is 11.5 Å². The van der Waals surface area contributed by atoms with Crippen molar-refractivity contribution in [3.05, 3.63) is 70.9 Å². The number of rotatable bonds is 9. The molecule has 0 aliphatic rings. The highest BCUT2D eigenvalue weighted by molar-refractivity contribution is 5.84. The second-order valence-electron chi connectivity index (χ2n) is 8.76. The van der Waals surface area contributed by atoms with Crippen LogP contribution < -0.4 is 10.8 Å². The summed E-state index contributed by atoms with van der Waals surface area (Å²) in [5.41, 5.74) is 8.38. The summed E-state index contributed by atoms with van der Waals surface area (Å²) in [7, 11) is 0. The minimum atomic E-state index is -0.378. The zero-order valence-corrected chi connectivity index (χ0v) is 18.5. The Bertz CT molecular complexity index is 968. The fourth-order valence-corrected chi connectivity index (χ4v) is 3.45. The van der Waals surface area contributed by atoms with Crippen LogP contribution in [0.25, 0.3) is 10.9 Å². The minimum Gasteiger partial charge on any atom is -0.358 e. The number of carbonyl (C=O) groups is 1. The monoisotopic (exact) mass is 407 g/mol. The Labute approximate surface area is 179 Å². The molecule has 0 radical (unpaired) electrons. The number of carbonyl (C=O) groups excluding carboxylic acids is 1. The van der Waals surface area contributed by atoms with Gasteiger partial charge in [0.25, 0.3) is 0 Å². The van der Waals surface area contributed by atoms with Gasteiger partial charge in [-0.05, 0) is 69.8 Å². The molecule has 0 fully saturated rings. The lowest BCUT2D eigenvalue weighted by molar-refractivity contribution is -0.145. The fourth-order valence-electron chi connectivity index (χ4n) is 3.45. The molecule has 0 aliphatic heterocycles. The van der Waals surface area contributed by atoms with Gasteiger partial charge in [0.15, 0.2) is 0 Å². The Kier molecular flexibility index (Phi) is 7.29. The van der Waals surface area contributed by atoms with Crippen LogP contribution in [-0.4, -0.2) is 23.0 Å². The Balaban J connectivity index is 1.40. The van der Waals surface area contributed by atoms with Crippen molar-refractivity contribution in [2.45, 2.75) is 59.1 Å². The van der Waals surface area contributed by atoms with Crippen molar-refractivity contribution in [3.63, 3.8) is 0 Å². The first-order chi connectivity index (χ1) is 14.3. The van der Waals surface area contributed by atoms with Crippen LogP contribution in [-0.2, 0) is 29.0 Å². The molecule has 1 heterocycles. The molecule has 3 N–H and O–H groups in total. The number of aromatic nitrogens is 1. The molecule has 5 nitrogen and oxygen atoms in total. The highest BCUT2D eigenvalue weighted by Gasteiger charge is 2.12. The Morgan fingerprint density at radius 2 is 1.70 bits per heavy atom. The van der Waals surface area contributed by atoms with Crippen molar-refractivity contribution >= 4 is 16.8 Å². The molecular formula is C25H33N3O2. The third-order valence-corrected chi connectivity index (χ3v) is 5.04. The Morgan fingerprint density at radius 3 is 2.43 bits per heavy atom. The molecule has 3 aromatic rings. The number of para-hydroxylation sites is 1. The van der Waals surface area contributed by atoms with Gasteiger partial charge in [-0.3, -0.25) is 9.63 Å². The van der Waals surface area contributed by atoms with Gasteiger partial charge >= 0.3 is 0 Å². The zero-order valence-electron chi connectivity index (χ0n) is 18.5. The maximum Gasteiger partial charge on any atom is 0.243 e. The molecule has 0 spiro atoms. The minimum absolute atomic E-state index is 0.0942. The molecule has 5 heteroatoms. The second-order valence-corrected chi connectivity index (χ2v) is 8.76. The summed E-state index contributed by atoms with van der Waals surface area (Å²) in [4.78, 5) is 20.6. The van der Waals surface area contributed by atoms with Gasteiger partial charge in [0, 0.05) is 29.6 Å². The van der Waals surface area contributed by atoms with Gasteiger partial charge in [-0.2, -0.15) is 0 Å². The van der Waals surface area contributed by atoms with Crippen LogP contribution in [0.15, 0.2) is 48.5 Å². The van der Waals surface area contributed by atoms with E-state index in [0.29, 0.717) is 12.8 Å². The Morgan fingerprint density at radius 1 is 1.00 bits per heavy atom. The van der Waals surface area contributed by atoms with E-state index in [1.54, 1.807) is 0 Å². The SMILES string of the molecule is Cc1[nH]c2ccccc2c1CCNCc1ccc(CCC(=O)NOC(C)(C)C)cc1. The first kappa shape index (κ1) is 22.1. The molecule has 1 amide bonds. The molecule has 0 saturated heterocycles. The van der Waals surface area contributed by atoms with E-state index in [1.165, 1.54) is 27.7 Å². The molecule has 0 aliphatic carbocycles. The molecule has 2 aromatic carbocycles. The van der Waals surface area contributed by atoms with Crippen molar-refractivity contribution in [3.8, 4) is 0 Å². The van der Waals surface area contributed by atoms with Crippen LogP contribution in [0.2, 0.25) is 0 Å². The van der Waals surface area contributed by atoms with E-state index in [9.17, 15) is 4.79 Å². The predicted molar refractivity (Wildman–Crippen MR) is 122 cm³/mol. The van der Waals surface area contributed by atoms with Crippen molar-refractivity contribution in [2.24, 2.45) is 0 Å². The normalized spacial score (nSPS) is 11.7. The number of hydroxylamine groups is 1. The van der Waals surface area contributed by atoms with E-state index < -0.39 is 0 Å². The quantitative estimate of drug-likeness (QED) is 0.359. The van der Waals surface area contributed by atoms with Gasteiger partial charge in [0.1, 0.15) is 0 Å². The molecule has 1 aromatic heterocycles.